The Hall–Kier alpha value is -1.10. The Morgan fingerprint density at radius 3 is 2.84 bits per heavy atom. The minimum absolute atomic E-state index is 0.558. The van der Waals surface area contributed by atoms with Crippen molar-refractivity contribution < 1.29 is 0 Å². The average molecular weight is 299 g/mol. The predicted molar refractivity (Wildman–Crippen MR) is 77.6 cm³/mol. The van der Waals surface area contributed by atoms with Crippen molar-refractivity contribution in [2.24, 2.45) is 5.73 Å². The molecule has 2 aromatic rings. The van der Waals surface area contributed by atoms with Gasteiger partial charge in [0.25, 0.3) is 0 Å². The van der Waals surface area contributed by atoms with Gasteiger partial charge in [-0.1, -0.05) is 40.5 Å². The Bertz CT molecular complexity index is 539. The Morgan fingerprint density at radius 1 is 1.21 bits per heavy atom. The van der Waals surface area contributed by atoms with Crippen LogP contribution in [0.4, 0.5) is 0 Å². The Morgan fingerprint density at radius 2 is 2.05 bits per heavy atom. The van der Waals surface area contributed by atoms with E-state index in [0.717, 1.165) is 30.5 Å². The summed E-state index contributed by atoms with van der Waals surface area (Å²) in [6.45, 7) is 1.29. The number of halogens is 2. The standard InChI is InChI=1S/C13H16Cl2N4/c14-12-6-3-4-10(13(12)15)8-19-9-11(17-18-19)5-1-2-7-16/h3-4,6,9H,1-2,5,7-8,16H2. The quantitative estimate of drug-likeness (QED) is 0.834. The van der Waals surface area contributed by atoms with E-state index in [2.05, 4.69) is 10.3 Å². The normalized spacial score (nSPS) is 10.9. The summed E-state index contributed by atoms with van der Waals surface area (Å²) in [5, 5.41) is 9.36. The van der Waals surface area contributed by atoms with Crippen LogP contribution in [0, 0.1) is 0 Å². The third kappa shape index (κ3) is 3.93. The van der Waals surface area contributed by atoms with E-state index in [9.17, 15) is 0 Å². The summed E-state index contributed by atoms with van der Waals surface area (Å²) in [7, 11) is 0. The van der Waals surface area contributed by atoms with Gasteiger partial charge in [-0.15, -0.1) is 5.10 Å². The van der Waals surface area contributed by atoms with Gasteiger partial charge in [-0.05, 0) is 37.4 Å². The van der Waals surface area contributed by atoms with Crippen LogP contribution in [0.5, 0.6) is 0 Å². The van der Waals surface area contributed by atoms with Crippen molar-refractivity contribution in [2.75, 3.05) is 6.54 Å². The molecule has 2 rings (SSSR count). The number of rotatable bonds is 6. The Balaban J connectivity index is 2.01. The van der Waals surface area contributed by atoms with Crippen LogP contribution in [0.2, 0.25) is 10.0 Å². The van der Waals surface area contributed by atoms with E-state index < -0.39 is 0 Å². The minimum atomic E-state index is 0.558. The Kier molecular flexibility index (Phi) is 5.19. The Labute approximate surface area is 122 Å². The van der Waals surface area contributed by atoms with Crippen LogP contribution in [-0.4, -0.2) is 21.5 Å². The molecule has 0 radical (unpaired) electrons. The fourth-order valence-corrected chi connectivity index (χ4v) is 2.21. The van der Waals surface area contributed by atoms with E-state index in [1.165, 1.54) is 0 Å². The largest absolute Gasteiger partial charge is 0.330 e. The lowest BCUT2D eigenvalue weighted by molar-refractivity contribution is 0.648. The highest BCUT2D eigenvalue weighted by atomic mass is 35.5. The lowest BCUT2D eigenvalue weighted by Gasteiger charge is -2.04. The fraction of sp³-hybridized carbons (Fsp3) is 0.385. The molecular formula is C13H16Cl2N4. The molecule has 1 aromatic heterocycles. The van der Waals surface area contributed by atoms with Crippen LogP contribution in [0.25, 0.3) is 0 Å². The van der Waals surface area contributed by atoms with Crippen molar-refractivity contribution >= 4 is 23.2 Å². The average Bonchev–Trinajstić information content (AvgIpc) is 2.83. The molecule has 6 heteroatoms. The van der Waals surface area contributed by atoms with Gasteiger partial charge in [-0.25, -0.2) is 4.68 Å². The van der Waals surface area contributed by atoms with Gasteiger partial charge in [0, 0.05) is 6.20 Å². The number of nitrogens with two attached hydrogens (primary N) is 1. The van der Waals surface area contributed by atoms with Crippen molar-refractivity contribution in [3.8, 4) is 0 Å². The van der Waals surface area contributed by atoms with Crippen molar-refractivity contribution in [1.82, 2.24) is 15.0 Å². The lowest BCUT2D eigenvalue weighted by atomic mass is 10.2. The van der Waals surface area contributed by atoms with Gasteiger partial charge in [0.05, 0.1) is 22.3 Å². The van der Waals surface area contributed by atoms with Crippen molar-refractivity contribution in [1.29, 1.82) is 0 Å². The molecule has 0 aliphatic heterocycles. The van der Waals surface area contributed by atoms with Crippen LogP contribution in [0.15, 0.2) is 24.4 Å². The zero-order valence-corrected chi connectivity index (χ0v) is 12.0. The maximum atomic E-state index is 6.14. The van der Waals surface area contributed by atoms with Gasteiger partial charge < -0.3 is 5.73 Å². The molecule has 0 aliphatic carbocycles. The van der Waals surface area contributed by atoms with Crippen molar-refractivity contribution in [2.45, 2.75) is 25.8 Å². The molecule has 0 atom stereocenters. The van der Waals surface area contributed by atoms with Crippen LogP contribution in [-0.2, 0) is 13.0 Å². The molecule has 0 saturated heterocycles. The first-order valence-corrected chi connectivity index (χ1v) is 6.98. The van der Waals surface area contributed by atoms with Gasteiger partial charge >= 0.3 is 0 Å². The number of hydrogen-bond acceptors (Lipinski definition) is 3. The highest BCUT2D eigenvalue weighted by molar-refractivity contribution is 6.42. The zero-order valence-electron chi connectivity index (χ0n) is 10.5. The summed E-state index contributed by atoms with van der Waals surface area (Å²) >= 11 is 12.1. The third-order valence-corrected chi connectivity index (χ3v) is 3.70. The molecule has 0 fully saturated rings. The van der Waals surface area contributed by atoms with E-state index in [-0.39, 0.29) is 0 Å². The number of nitrogens with zero attached hydrogens (tertiary/aromatic N) is 3. The molecule has 0 bridgehead atoms. The monoisotopic (exact) mass is 298 g/mol. The molecule has 2 N–H and O–H groups in total. The molecule has 19 heavy (non-hydrogen) atoms. The van der Waals surface area contributed by atoms with Gasteiger partial charge in [0.1, 0.15) is 0 Å². The van der Waals surface area contributed by atoms with Crippen LogP contribution >= 0.6 is 23.2 Å². The molecule has 1 aromatic carbocycles. The topological polar surface area (TPSA) is 56.7 Å². The number of aromatic nitrogens is 3. The van der Waals surface area contributed by atoms with E-state index in [0.29, 0.717) is 23.1 Å². The first kappa shape index (κ1) is 14.3. The van der Waals surface area contributed by atoms with E-state index >= 15 is 0 Å². The van der Waals surface area contributed by atoms with E-state index in [1.807, 2.05) is 18.3 Å². The first-order valence-electron chi connectivity index (χ1n) is 6.22. The van der Waals surface area contributed by atoms with Crippen molar-refractivity contribution in [3.63, 3.8) is 0 Å². The number of benzene rings is 1. The molecular weight excluding hydrogens is 283 g/mol. The van der Waals surface area contributed by atoms with Crippen LogP contribution in [0.3, 0.4) is 0 Å². The lowest BCUT2D eigenvalue weighted by Crippen LogP contribution is -2.01. The van der Waals surface area contributed by atoms with Crippen LogP contribution < -0.4 is 5.73 Å². The summed E-state index contributed by atoms with van der Waals surface area (Å²) in [5.41, 5.74) is 7.38. The number of unbranched alkanes of at least 4 members (excludes halogenated alkanes) is 1. The van der Waals surface area contributed by atoms with E-state index in [1.54, 1.807) is 10.7 Å². The van der Waals surface area contributed by atoms with E-state index in [4.69, 9.17) is 28.9 Å². The second-order valence-corrected chi connectivity index (χ2v) is 5.15. The first-order chi connectivity index (χ1) is 9.20. The number of aryl methyl sites for hydroxylation is 1. The number of hydrogen-bond donors (Lipinski definition) is 1. The highest BCUT2D eigenvalue weighted by Crippen LogP contribution is 2.25. The third-order valence-electron chi connectivity index (χ3n) is 2.84. The van der Waals surface area contributed by atoms with Crippen molar-refractivity contribution in [3.05, 3.63) is 45.7 Å². The molecule has 0 aliphatic rings. The summed E-state index contributed by atoms with van der Waals surface area (Å²) in [4.78, 5) is 0. The summed E-state index contributed by atoms with van der Waals surface area (Å²) < 4.78 is 1.77. The highest BCUT2D eigenvalue weighted by Gasteiger charge is 2.07. The molecule has 1 heterocycles. The predicted octanol–water partition coefficient (Wildman–Crippen LogP) is 2.91. The summed E-state index contributed by atoms with van der Waals surface area (Å²) in [6, 6.07) is 5.58. The second-order valence-electron chi connectivity index (χ2n) is 4.37. The molecule has 4 nitrogen and oxygen atoms in total. The maximum absolute atomic E-state index is 6.14. The zero-order chi connectivity index (χ0) is 13.7. The van der Waals surface area contributed by atoms with Gasteiger partial charge in [0.15, 0.2) is 0 Å². The fourth-order valence-electron chi connectivity index (χ4n) is 1.83. The SMILES string of the molecule is NCCCCc1cn(Cc2cccc(Cl)c2Cl)nn1. The minimum Gasteiger partial charge on any atom is -0.330 e. The molecule has 0 saturated carbocycles. The maximum Gasteiger partial charge on any atom is 0.0827 e. The van der Waals surface area contributed by atoms with Gasteiger partial charge in [-0.3, -0.25) is 0 Å². The van der Waals surface area contributed by atoms with Crippen LogP contribution in [0.1, 0.15) is 24.1 Å². The molecule has 102 valence electrons. The smallest absolute Gasteiger partial charge is 0.0827 e. The molecule has 0 spiro atoms. The summed E-state index contributed by atoms with van der Waals surface area (Å²) in [6.07, 6.45) is 4.88. The summed E-state index contributed by atoms with van der Waals surface area (Å²) in [5.74, 6) is 0. The van der Waals surface area contributed by atoms with Gasteiger partial charge in [-0.2, -0.15) is 0 Å². The van der Waals surface area contributed by atoms with Gasteiger partial charge in [0.2, 0.25) is 0 Å². The molecule has 0 unspecified atom stereocenters. The molecule has 0 amide bonds. The second kappa shape index (κ2) is 6.89.